The molecule has 3 heterocycles. The minimum absolute atomic E-state index is 0.327. The Hall–Kier alpha value is -4.42. The zero-order chi connectivity index (χ0) is 27.4. The van der Waals surface area contributed by atoms with E-state index >= 15 is 0 Å². The van der Waals surface area contributed by atoms with Gasteiger partial charge in [-0.1, -0.05) is 24.3 Å². The number of rotatable bonds is 7. The molecule has 39 heavy (non-hydrogen) atoms. The van der Waals surface area contributed by atoms with Crippen LogP contribution in [0.15, 0.2) is 54.9 Å². The van der Waals surface area contributed by atoms with Crippen LogP contribution >= 0.6 is 0 Å². The van der Waals surface area contributed by atoms with Gasteiger partial charge in [0.15, 0.2) is 5.65 Å². The fourth-order valence-corrected chi connectivity index (χ4v) is 5.09. The molecule has 0 spiro atoms. The minimum atomic E-state index is -0.485. The van der Waals surface area contributed by atoms with Crippen molar-refractivity contribution in [2.75, 3.05) is 33.9 Å². The summed E-state index contributed by atoms with van der Waals surface area (Å²) in [5, 5.41) is 12.1. The highest BCUT2D eigenvalue weighted by Gasteiger charge is 2.22. The maximum Gasteiger partial charge on any atom is 0.407 e. The Balaban J connectivity index is 1.60. The molecule has 1 atom stereocenters. The molecule has 0 saturated carbocycles. The molecule has 9 heteroatoms. The van der Waals surface area contributed by atoms with Crippen LogP contribution in [0.25, 0.3) is 28.0 Å². The van der Waals surface area contributed by atoms with Gasteiger partial charge in [0.25, 0.3) is 0 Å². The number of nitrogens with zero attached hydrogens (tertiary/aromatic N) is 5. The number of alkyl carbamates (subject to hydrolysis) is 1. The summed E-state index contributed by atoms with van der Waals surface area (Å²) in [5.74, 6) is 0.434. The summed E-state index contributed by atoms with van der Waals surface area (Å²) >= 11 is 0. The number of hydrogen-bond acceptors (Lipinski definition) is 7. The lowest BCUT2D eigenvalue weighted by molar-refractivity contribution is 0.143. The molecule has 5 rings (SSSR count). The van der Waals surface area contributed by atoms with E-state index in [1.165, 1.54) is 7.11 Å². The summed E-state index contributed by atoms with van der Waals surface area (Å²) in [7, 11) is 3.49. The second kappa shape index (κ2) is 11.5. The van der Waals surface area contributed by atoms with Gasteiger partial charge in [0, 0.05) is 37.0 Å². The van der Waals surface area contributed by atoms with Crippen LogP contribution in [0.3, 0.4) is 0 Å². The first-order valence-electron chi connectivity index (χ1n) is 13.1. The zero-order valence-corrected chi connectivity index (χ0v) is 22.5. The van der Waals surface area contributed by atoms with Crippen LogP contribution in [0.4, 0.5) is 4.79 Å². The third-order valence-corrected chi connectivity index (χ3v) is 7.22. The highest BCUT2D eigenvalue weighted by atomic mass is 16.5. The van der Waals surface area contributed by atoms with Crippen LogP contribution in [0, 0.1) is 24.2 Å². The molecular weight excluding hydrogens is 492 g/mol. The number of carbonyl (C=O) groups excluding carboxylic acids is 1. The average molecular weight is 525 g/mol. The van der Waals surface area contributed by atoms with Gasteiger partial charge in [-0.05, 0) is 68.2 Å². The lowest BCUT2D eigenvalue weighted by atomic mass is 9.96. The van der Waals surface area contributed by atoms with Crippen LogP contribution < -0.4 is 10.1 Å². The molecule has 1 aliphatic rings. The summed E-state index contributed by atoms with van der Waals surface area (Å²) < 4.78 is 13.0. The Bertz CT molecular complexity index is 1520. The normalized spacial score (nSPS) is 15.6. The number of piperidine rings is 1. The van der Waals surface area contributed by atoms with Crippen LogP contribution in [0.2, 0.25) is 0 Å². The molecule has 9 nitrogen and oxygen atoms in total. The van der Waals surface area contributed by atoms with Gasteiger partial charge in [-0.2, -0.15) is 10.2 Å². The van der Waals surface area contributed by atoms with E-state index < -0.39 is 6.09 Å². The fraction of sp³-hybridized carbons (Fsp3) is 0.333. The third-order valence-electron chi connectivity index (χ3n) is 7.22. The van der Waals surface area contributed by atoms with Gasteiger partial charge in [-0.15, -0.1) is 0 Å². The van der Waals surface area contributed by atoms with Gasteiger partial charge in [-0.25, -0.2) is 9.78 Å². The average Bonchev–Trinajstić information content (AvgIpc) is 3.45. The second-order valence-electron chi connectivity index (χ2n) is 10.00. The number of nitriles is 1. The molecule has 0 unspecified atom stereocenters. The summed E-state index contributed by atoms with van der Waals surface area (Å²) in [6.45, 7) is 5.02. The van der Waals surface area contributed by atoms with Crippen molar-refractivity contribution in [1.29, 1.82) is 5.26 Å². The van der Waals surface area contributed by atoms with Gasteiger partial charge in [0.05, 0.1) is 36.6 Å². The van der Waals surface area contributed by atoms with Crippen LogP contribution in [-0.4, -0.2) is 59.2 Å². The number of hydrogen-bond donors (Lipinski definition) is 1. The number of methoxy groups -OCH3 is 1. The van der Waals surface area contributed by atoms with Crippen LogP contribution in [-0.2, 0) is 11.3 Å². The Morgan fingerprint density at radius 1 is 1.21 bits per heavy atom. The standard InChI is InChI=1S/C30H32N6O3/c1-20-6-9-24(15-25(20)17-33-30(37)38-3)26-27(23-10-7-21(16-31)8-11-23)34-29(36-14-12-32-28(26)36)39-19-22-5-4-13-35(2)18-22/h6-12,14-15,22H,4-5,13,17-19H2,1-3H3,(H,33,37)/t22-/m1/s1. The van der Waals surface area contributed by atoms with Gasteiger partial charge in [-0.3, -0.25) is 4.40 Å². The number of amides is 1. The molecule has 1 fully saturated rings. The number of ether oxygens (including phenoxy) is 2. The van der Waals surface area contributed by atoms with E-state index in [1.807, 2.05) is 47.9 Å². The van der Waals surface area contributed by atoms with Crippen molar-refractivity contribution in [3.8, 4) is 34.5 Å². The van der Waals surface area contributed by atoms with Crippen molar-refractivity contribution in [2.24, 2.45) is 5.92 Å². The van der Waals surface area contributed by atoms with Gasteiger partial charge < -0.3 is 19.7 Å². The molecule has 0 radical (unpaired) electrons. The van der Waals surface area contributed by atoms with Gasteiger partial charge >= 0.3 is 12.1 Å². The lowest BCUT2D eigenvalue weighted by Gasteiger charge is -2.29. The summed E-state index contributed by atoms with van der Waals surface area (Å²) in [4.78, 5) is 23.8. The number of nitrogens with one attached hydrogen (secondary N) is 1. The Kier molecular flexibility index (Phi) is 7.75. The SMILES string of the molecule is COC(=O)NCc1cc(-c2c(-c3ccc(C#N)cc3)nc(OC[C@@H]3CCCN(C)C3)n3ccnc23)ccc1C. The fourth-order valence-electron chi connectivity index (χ4n) is 5.09. The molecule has 1 aliphatic heterocycles. The van der Waals surface area contributed by atoms with E-state index in [0.717, 1.165) is 59.4 Å². The van der Waals surface area contributed by atoms with Gasteiger partial charge in [0.2, 0.25) is 0 Å². The predicted molar refractivity (Wildman–Crippen MR) is 148 cm³/mol. The molecule has 0 bridgehead atoms. The molecule has 2 aromatic heterocycles. The van der Waals surface area contributed by atoms with Crippen LogP contribution in [0.1, 0.15) is 29.5 Å². The van der Waals surface area contributed by atoms with Crippen molar-refractivity contribution >= 4 is 11.7 Å². The van der Waals surface area contributed by atoms with E-state index in [2.05, 4.69) is 23.3 Å². The number of carbonyl (C=O) groups is 1. The van der Waals surface area contributed by atoms with E-state index in [1.54, 1.807) is 18.3 Å². The Morgan fingerprint density at radius 3 is 2.74 bits per heavy atom. The largest absolute Gasteiger partial charge is 0.464 e. The van der Waals surface area contributed by atoms with Crippen molar-refractivity contribution in [1.82, 2.24) is 24.6 Å². The molecular formula is C30H32N6O3. The molecule has 1 N–H and O–H groups in total. The second-order valence-corrected chi connectivity index (χ2v) is 10.00. The number of aryl methyl sites for hydroxylation is 1. The highest BCUT2D eigenvalue weighted by Crippen LogP contribution is 2.37. The number of aromatic nitrogens is 3. The first-order valence-corrected chi connectivity index (χ1v) is 13.1. The van der Waals surface area contributed by atoms with Crippen molar-refractivity contribution < 1.29 is 14.3 Å². The van der Waals surface area contributed by atoms with Crippen molar-refractivity contribution in [2.45, 2.75) is 26.3 Å². The van der Waals surface area contributed by atoms with E-state index in [-0.39, 0.29) is 0 Å². The monoisotopic (exact) mass is 524 g/mol. The Morgan fingerprint density at radius 2 is 2.00 bits per heavy atom. The summed E-state index contributed by atoms with van der Waals surface area (Å²) in [6.07, 6.45) is 5.42. The predicted octanol–water partition coefficient (Wildman–Crippen LogP) is 4.82. The number of likely N-dealkylation sites (tertiary alicyclic amines) is 1. The van der Waals surface area contributed by atoms with E-state index in [9.17, 15) is 10.1 Å². The summed E-state index contributed by atoms with van der Waals surface area (Å²) in [5.41, 5.74) is 6.60. The minimum Gasteiger partial charge on any atom is -0.464 e. The Labute approximate surface area is 228 Å². The van der Waals surface area contributed by atoms with Gasteiger partial charge in [0.1, 0.15) is 0 Å². The first kappa shape index (κ1) is 26.2. The molecule has 1 amide bonds. The molecule has 2 aromatic carbocycles. The van der Waals surface area contributed by atoms with E-state index in [0.29, 0.717) is 36.3 Å². The van der Waals surface area contributed by atoms with Crippen molar-refractivity contribution in [3.63, 3.8) is 0 Å². The maximum absolute atomic E-state index is 11.7. The number of benzene rings is 2. The van der Waals surface area contributed by atoms with Crippen LogP contribution in [0.5, 0.6) is 6.01 Å². The number of fused-ring (bicyclic) bond motifs is 1. The topological polar surface area (TPSA) is 105 Å². The lowest BCUT2D eigenvalue weighted by Crippen LogP contribution is -2.35. The van der Waals surface area contributed by atoms with Crippen molar-refractivity contribution in [3.05, 3.63) is 71.5 Å². The highest BCUT2D eigenvalue weighted by molar-refractivity contribution is 5.90. The smallest absolute Gasteiger partial charge is 0.407 e. The molecule has 4 aromatic rings. The first-order chi connectivity index (χ1) is 19.0. The summed E-state index contributed by atoms with van der Waals surface area (Å²) in [6, 6.07) is 16.1. The quantitative estimate of drug-likeness (QED) is 0.370. The zero-order valence-electron chi connectivity index (χ0n) is 22.5. The molecule has 0 aliphatic carbocycles. The number of imidazole rings is 1. The third kappa shape index (κ3) is 5.71. The van der Waals surface area contributed by atoms with E-state index in [4.69, 9.17) is 19.4 Å². The molecule has 200 valence electrons. The maximum atomic E-state index is 11.7. The molecule has 1 saturated heterocycles.